The van der Waals surface area contributed by atoms with E-state index in [0.717, 1.165) is 15.9 Å². The van der Waals surface area contributed by atoms with Gasteiger partial charge in [-0.3, -0.25) is 4.79 Å². The Morgan fingerprint density at radius 2 is 2.00 bits per heavy atom. The molecule has 21 heavy (non-hydrogen) atoms. The quantitative estimate of drug-likeness (QED) is 0.817. The molecule has 1 atom stereocenters. The second-order valence-electron chi connectivity index (χ2n) is 5.04. The summed E-state index contributed by atoms with van der Waals surface area (Å²) in [6.07, 6.45) is 0. The minimum absolute atomic E-state index is 0.128. The summed E-state index contributed by atoms with van der Waals surface area (Å²) in [5, 5.41) is 1.88. The topological polar surface area (TPSA) is 42.4 Å². The molecule has 0 N–H and O–H groups in total. The Hall–Kier alpha value is -1.59. The van der Waals surface area contributed by atoms with E-state index in [1.165, 1.54) is 11.8 Å². The third-order valence-electron chi connectivity index (χ3n) is 3.54. The highest BCUT2D eigenvalue weighted by molar-refractivity contribution is 8.00. The number of ether oxygens (including phenoxy) is 1. The summed E-state index contributed by atoms with van der Waals surface area (Å²) in [7, 11) is 0. The van der Waals surface area contributed by atoms with Gasteiger partial charge < -0.3 is 9.64 Å². The van der Waals surface area contributed by atoms with Crippen LogP contribution in [0.25, 0.3) is 10.9 Å². The molecule has 1 aromatic heterocycles. The molecule has 0 saturated carbocycles. The fraction of sp³-hybridized carbons (Fsp3) is 0.375. The van der Waals surface area contributed by atoms with Crippen LogP contribution in [0, 0.1) is 0 Å². The van der Waals surface area contributed by atoms with E-state index in [-0.39, 0.29) is 11.2 Å². The summed E-state index contributed by atoms with van der Waals surface area (Å²) in [6.45, 7) is 4.60. The standard InChI is InChI=1S/C16H18N2O2S/c1-12(16(19)18-8-10-20-11-9-18)21-15-7-6-13-4-2-3-5-14(13)17-15/h2-7,12H,8-11H2,1H3. The summed E-state index contributed by atoms with van der Waals surface area (Å²) in [5.74, 6) is 0.165. The van der Waals surface area contributed by atoms with Gasteiger partial charge in [0.1, 0.15) is 0 Å². The Labute approximate surface area is 128 Å². The maximum Gasteiger partial charge on any atom is 0.235 e. The number of nitrogens with zero attached hydrogens (tertiary/aromatic N) is 2. The smallest absolute Gasteiger partial charge is 0.235 e. The van der Waals surface area contributed by atoms with Crippen molar-refractivity contribution in [3.05, 3.63) is 36.4 Å². The molecule has 0 radical (unpaired) electrons. The fourth-order valence-corrected chi connectivity index (χ4v) is 3.30. The van der Waals surface area contributed by atoms with E-state index in [9.17, 15) is 4.79 Å². The molecular formula is C16H18N2O2S. The summed E-state index contributed by atoms with van der Waals surface area (Å²) in [5.41, 5.74) is 0.966. The highest BCUT2D eigenvalue weighted by Crippen LogP contribution is 2.25. The van der Waals surface area contributed by atoms with Crippen molar-refractivity contribution in [2.45, 2.75) is 17.2 Å². The first-order chi connectivity index (χ1) is 10.2. The predicted molar refractivity (Wildman–Crippen MR) is 84.5 cm³/mol. The lowest BCUT2D eigenvalue weighted by atomic mass is 10.2. The molecule has 2 heterocycles. The monoisotopic (exact) mass is 302 g/mol. The van der Waals surface area contributed by atoms with Crippen molar-refractivity contribution in [1.29, 1.82) is 0 Å². The largest absolute Gasteiger partial charge is 0.378 e. The number of morpholine rings is 1. The number of hydrogen-bond acceptors (Lipinski definition) is 4. The fourth-order valence-electron chi connectivity index (χ4n) is 2.39. The lowest BCUT2D eigenvalue weighted by molar-refractivity contribution is -0.134. The molecule has 4 nitrogen and oxygen atoms in total. The van der Waals surface area contributed by atoms with Gasteiger partial charge in [0.05, 0.1) is 29.0 Å². The van der Waals surface area contributed by atoms with E-state index >= 15 is 0 Å². The van der Waals surface area contributed by atoms with Gasteiger partial charge in [-0.1, -0.05) is 36.0 Å². The second kappa shape index (κ2) is 6.45. The van der Waals surface area contributed by atoms with E-state index in [4.69, 9.17) is 4.74 Å². The third kappa shape index (κ3) is 3.36. The molecule has 0 bridgehead atoms. The summed E-state index contributed by atoms with van der Waals surface area (Å²) >= 11 is 1.52. The molecule has 1 aliphatic heterocycles. The minimum atomic E-state index is -0.128. The van der Waals surface area contributed by atoms with Crippen LogP contribution in [0.2, 0.25) is 0 Å². The maximum absolute atomic E-state index is 12.4. The van der Waals surface area contributed by atoms with Crippen molar-refractivity contribution in [2.24, 2.45) is 0 Å². The van der Waals surface area contributed by atoms with Gasteiger partial charge >= 0.3 is 0 Å². The van der Waals surface area contributed by atoms with Gasteiger partial charge in [0.2, 0.25) is 5.91 Å². The zero-order valence-electron chi connectivity index (χ0n) is 12.0. The molecule has 3 rings (SSSR count). The highest BCUT2D eigenvalue weighted by Gasteiger charge is 2.23. The first-order valence-corrected chi connectivity index (χ1v) is 8.01. The van der Waals surface area contributed by atoms with Crippen molar-refractivity contribution >= 4 is 28.6 Å². The molecule has 110 valence electrons. The number of aromatic nitrogens is 1. The van der Waals surface area contributed by atoms with Gasteiger partial charge in [-0.2, -0.15) is 0 Å². The number of carbonyl (C=O) groups is 1. The van der Waals surface area contributed by atoms with Crippen molar-refractivity contribution in [1.82, 2.24) is 9.88 Å². The molecular weight excluding hydrogens is 284 g/mol. The molecule has 2 aromatic rings. The van der Waals surface area contributed by atoms with E-state index in [0.29, 0.717) is 26.3 Å². The van der Waals surface area contributed by atoms with Crippen LogP contribution < -0.4 is 0 Å². The van der Waals surface area contributed by atoms with Gasteiger partial charge in [-0.05, 0) is 19.1 Å². The first kappa shape index (κ1) is 14.4. The minimum Gasteiger partial charge on any atom is -0.378 e. The molecule has 0 spiro atoms. The number of pyridine rings is 1. The van der Waals surface area contributed by atoms with Crippen molar-refractivity contribution < 1.29 is 9.53 Å². The van der Waals surface area contributed by atoms with Crippen LogP contribution in [-0.2, 0) is 9.53 Å². The Bertz CT molecular complexity index is 641. The zero-order valence-corrected chi connectivity index (χ0v) is 12.8. The Kier molecular flexibility index (Phi) is 4.41. The van der Waals surface area contributed by atoms with Crippen LogP contribution in [0.1, 0.15) is 6.92 Å². The number of hydrogen-bond donors (Lipinski definition) is 0. The Morgan fingerprint density at radius 1 is 1.24 bits per heavy atom. The number of amides is 1. The third-order valence-corrected chi connectivity index (χ3v) is 4.56. The van der Waals surface area contributed by atoms with Crippen LogP contribution in [-0.4, -0.2) is 47.3 Å². The molecule has 1 amide bonds. The lowest BCUT2D eigenvalue weighted by Gasteiger charge is -2.28. The average molecular weight is 302 g/mol. The number of benzene rings is 1. The molecule has 1 fully saturated rings. The van der Waals surface area contributed by atoms with Crippen LogP contribution >= 0.6 is 11.8 Å². The van der Waals surface area contributed by atoms with Crippen molar-refractivity contribution in [3.8, 4) is 0 Å². The summed E-state index contributed by atoms with van der Waals surface area (Å²) in [6, 6.07) is 12.0. The zero-order chi connectivity index (χ0) is 14.7. The van der Waals surface area contributed by atoms with Crippen LogP contribution in [0.4, 0.5) is 0 Å². The number of thioether (sulfide) groups is 1. The first-order valence-electron chi connectivity index (χ1n) is 7.13. The molecule has 1 unspecified atom stereocenters. The van der Waals surface area contributed by atoms with E-state index < -0.39 is 0 Å². The van der Waals surface area contributed by atoms with Gasteiger partial charge in [-0.25, -0.2) is 4.98 Å². The number of para-hydroxylation sites is 1. The van der Waals surface area contributed by atoms with Crippen molar-refractivity contribution in [3.63, 3.8) is 0 Å². The number of fused-ring (bicyclic) bond motifs is 1. The lowest BCUT2D eigenvalue weighted by Crippen LogP contribution is -2.44. The van der Waals surface area contributed by atoms with Crippen molar-refractivity contribution in [2.75, 3.05) is 26.3 Å². The Balaban J connectivity index is 1.70. The SMILES string of the molecule is CC(Sc1ccc2ccccc2n1)C(=O)N1CCOCC1. The normalized spacial score (nSPS) is 16.9. The molecule has 1 aromatic carbocycles. The van der Waals surface area contributed by atoms with Crippen LogP contribution in [0.5, 0.6) is 0 Å². The highest BCUT2D eigenvalue weighted by atomic mass is 32.2. The van der Waals surface area contributed by atoms with Gasteiger partial charge in [0, 0.05) is 18.5 Å². The van der Waals surface area contributed by atoms with E-state index in [2.05, 4.69) is 11.1 Å². The molecule has 1 aliphatic rings. The van der Waals surface area contributed by atoms with E-state index in [1.54, 1.807) is 0 Å². The summed E-state index contributed by atoms with van der Waals surface area (Å²) in [4.78, 5) is 18.9. The van der Waals surface area contributed by atoms with Crippen LogP contribution in [0.3, 0.4) is 0 Å². The number of rotatable bonds is 3. The van der Waals surface area contributed by atoms with Crippen LogP contribution in [0.15, 0.2) is 41.4 Å². The maximum atomic E-state index is 12.4. The van der Waals surface area contributed by atoms with Gasteiger partial charge in [0.15, 0.2) is 0 Å². The average Bonchev–Trinajstić information content (AvgIpc) is 2.55. The molecule has 0 aliphatic carbocycles. The van der Waals surface area contributed by atoms with Gasteiger partial charge in [0.25, 0.3) is 0 Å². The summed E-state index contributed by atoms with van der Waals surface area (Å²) < 4.78 is 5.28. The van der Waals surface area contributed by atoms with E-state index in [1.807, 2.05) is 42.2 Å². The second-order valence-corrected chi connectivity index (χ2v) is 6.40. The Morgan fingerprint density at radius 3 is 2.81 bits per heavy atom. The predicted octanol–water partition coefficient (Wildman–Crippen LogP) is 2.57. The number of carbonyl (C=O) groups excluding carboxylic acids is 1. The molecule has 5 heteroatoms. The molecule has 1 saturated heterocycles. The van der Waals surface area contributed by atoms with Gasteiger partial charge in [-0.15, -0.1) is 0 Å².